The Bertz CT molecular complexity index is 679. The zero-order valence-corrected chi connectivity index (χ0v) is 10.5. The van der Waals surface area contributed by atoms with Crippen LogP contribution in [0, 0.1) is 6.92 Å². The summed E-state index contributed by atoms with van der Waals surface area (Å²) in [7, 11) is 0. The average Bonchev–Trinajstić information content (AvgIpc) is 2.84. The topological polar surface area (TPSA) is 86.9 Å². The smallest absolute Gasteiger partial charge is 0.206 e. The van der Waals surface area contributed by atoms with Crippen molar-refractivity contribution in [3.05, 3.63) is 28.9 Å². The summed E-state index contributed by atoms with van der Waals surface area (Å²) < 4.78 is 4.13. The van der Waals surface area contributed by atoms with Crippen LogP contribution in [0.5, 0.6) is 0 Å². The molecule has 7 nitrogen and oxygen atoms in total. The van der Waals surface area contributed by atoms with Gasteiger partial charge in [0, 0.05) is 18.6 Å². The maximum atomic E-state index is 5.68. The Hall–Kier alpha value is -1.96. The highest BCUT2D eigenvalue weighted by Gasteiger charge is 2.12. The van der Waals surface area contributed by atoms with Gasteiger partial charge in [-0.2, -0.15) is 0 Å². The van der Waals surface area contributed by atoms with E-state index in [1.54, 1.807) is 23.3 Å². The van der Waals surface area contributed by atoms with E-state index in [9.17, 15) is 0 Å². The molecule has 0 atom stereocenters. The van der Waals surface area contributed by atoms with Crippen LogP contribution in [0.3, 0.4) is 0 Å². The van der Waals surface area contributed by atoms with Crippen molar-refractivity contribution in [1.82, 2.24) is 29.4 Å². The SMILES string of the molecule is Cc1nnc2c(-n3cc(Br)c(N)n3)nccn12. The minimum atomic E-state index is 0.407. The Balaban J connectivity index is 2.30. The lowest BCUT2D eigenvalue weighted by Gasteiger charge is -2.01. The quantitative estimate of drug-likeness (QED) is 0.722. The highest BCUT2D eigenvalue weighted by atomic mass is 79.9. The first-order valence-corrected chi connectivity index (χ1v) is 5.63. The van der Waals surface area contributed by atoms with Gasteiger partial charge in [-0.05, 0) is 22.9 Å². The fourth-order valence-corrected chi connectivity index (χ4v) is 1.84. The Morgan fingerprint density at radius 1 is 1.35 bits per heavy atom. The number of fused-ring (bicyclic) bond motifs is 1. The van der Waals surface area contributed by atoms with Gasteiger partial charge in [0.05, 0.1) is 4.47 Å². The van der Waals surface area contributed by atoms with Gasteiger partial charge in [-0.1, -0.05) is 0 Å². The number of rotatable bonds is 1. The molecule has 0 amide bonds. The summed E-state index contributed by atoms with van der Waals surface area (Å²) >= 11 is 3.30. The molecule has 8 heteroatoms. The van der Waals surface area contributed by atoms with Gasteiger partial charge in [-0.15, -0.1) is 15.3 Å². The Kier molecular flexibility index (Phi) is 2.11. The molecular weight excluding hydrogens is 286 g/mol. The monoisotopic (exact) mass is 293 g/mol. The third kappa shape index (κ3) is 1.48. The van der Waals surface area contributed by atoms with E-state index in [1.165, 1.54) is 0 Å². The summed E-state index contributed by atoms with van der Waals surface area (Å²) in [6.45, 7) is 1.87. The van der Waals surface area contributed by atoms with Gasteiger partial charge < -0.3 is 5.73 Å². The molecule has 0 aliphatic rings. The van der Waals surface area contributed by atoms with E-state index in [1.807, 2.05) is 11.3 Å². The standard InChI is InChI=1S/C9H8BrN7/c1-5-13-14-9-8(12-2-3-16(5)9)17-4-6(10)7(11)15-17/h2-4H,1H3,(H2,11,15). The van der Waals surface area contributed by atoms with E-state index < -0.39 is 0 Å². The van der Waals surface area contributed by atoms with Crippen LogP contribution in [-0.4, -0.2) is 29.4 Å². The molecule has 3 rings (SSSR count). The molecule has 17 heavy (non-hydrogen) atoms. The second-order valence-corrected chi connectivity index (χ2v) is 4.35. The second kappa shape index (κ2) is 3.52. The Labute approximate surface area is 104 Å². The summed E-state index contributed by atoms with van der Waals surface area (Å²) in [5, 5.41) is 12.2. The van der Waals surface area contributed by atoms with E-state index in [-0.39, 0.29) is 0 Å². The van der Waals surface area contributed by atoms with Crippen LogP contribution >= 0.6 is 15.9 Å². The van der Waals surface area contributed by atoms with Crippen LogP contribution in [-0.2, 0) is 0 Å². The van der Waals surface area contributed by atoms with E-state index in [2.05, 4.69) is 36.2 Å². The fraction of sp³-hybridized carbons (Fsp3) is 0.111. The van der Waals surface area contributed by atoms with Gasteiger partial charge >= 0.3 is 0 Å². The number of nitrogen functional groups attached to an aromatic ring is 1. The second-order valence-electron chi connectivity index (χ2n) is 3.50. The van der Waals surface area contributed by atoms with Crippen molar-refractivity contribution >= 4 is 27.4 Å². The van der Waals surface area contributed by atoms with E-state index in [0.717, 1.165) is 10.3 Å². The minimum Gasteiger partial charge on any atom is -0.381 e. The zero-order valence-electron chi connectivity index (χ0n) is 8.87. The third-order valence-corrected chi connectivity index (χ3v) is 3.00. The van der Waals surface area contributed by atoms with Crippen LogP contribution < -0.4 is 5.73 Å². The normalized spacial score (nSPS) is 11.2. The molecule has 86 valence electrons. The van der Waals surface area contributed by atoms with E-state index in [0.29, 0.717) is 17.3 Å². The van der Waals surface area contributed by atoms with Gasteiger partial charge in [0.2, 0.25) is 5.65 Å². The first-order chi connectivity index (χ1) is 8.16. The number of hydrogen-bond donors (Lipinski definition) is 1. The molecule has 3 heterocycles. The predicted molar refractivity (Wildman–Crippen MR) is 64.8 cm³/mol. The van der Waals surface area contributed by atoms with Gasteiger partial charge in [0.1, 0.15) is 5.82 Å². The molecule has 0 saturated carbocycles. The van der Waals surface area contributed by atoms with Crippen LogP contribution in [0.1, 0.15) is 5.82 Å². The Morgan fingerprint density at radius 2 is 2.18 bits per heavy atom. The largest absolute Gasteiger partial charge is 0.381 e. The summed E-state index contributed by atoms with van der Waals surface area (Å²) in [5.41, 5.74) is 6.32. The first kappa shape index (κ1) is 10.2. The molecule has 0 spiro atoms. The van der Waals surface area contributed by atoms with Gasteiger partial charge in [0.25, 0.3) is 0 Å². The summed E-state index contributed by atoms with van der Waals surface area (Å²) in [6, 6.07) is 0. The number of nitrogens with zero attached hydrogens (tertiary/aromatic N) is 6. The number of anilines is 1. The highest BCUT2D eigenvalue weighted by molar-refractivity contribution is 9.10. The molecule has 0 aromatic carbocycles. The average molecular weight is 294 g/mol. The fourth-order valence-electron chi connectivity index (χ4n) is 1.56. The molecule has 0 fully saturated rings. The number of halogens is 1. The number of aromatic nitrogens is 6. The first-order valence-electron chi connectivity index (χ1n) is 4.84. The van der Waals surface area contributed by atoms with Crippen molar-refractivity contribution in [2.75, 3.05) is 5.73 Å². The number of nitrogens with two attached hydrogens (primary N) is 1. The molecule has 2 N–H and O–H groups in total. The summed E-state index contributed by atoms with van der Waals surface area (Å²) in [5.74, 6) is 1.79. The van der Waals surface area contributed by atoms with E-state index in [4.69, 9.17) is 5.73 Å². The zero-order chi connectivity index (χ0) is 12.0. The minimum absolute atomic E-state index is 0.407. The van der Waals surface area contributed by atoms with Crippen LogP contribution in [0.25, 0.3) is 11.5 Å². The van der Waals surface area contributed by atoms with Crippen molar-refractivity contribution in [2.24, 2.45) is 0 Å². The maximum absolute atomic E-state index is 5.68. The van der Waals surface area contributed by atoms with E-state index >= 15 is 0 Å². The van der Waals surface area contributed by atoms with Crippen LogP contribution in [0.2, 0.25) is 0 Å². The molecule has 0 radical (unpaired) electrons. The Morgan fingerprint density at radius 3 is 2.88 bits per heavy atom. The van der Waals surface area contributed by atoms with Crippen molar-refractivity contribution in [3.8, 4) is 5.82 Å². The molecular formula is C9H8BrN7. The van der Waals surface area contributed by atoms with Gasteiger partial charge in [0.15, 0.2) is 11.6 Å². The molecule has 0 saturated heterocycles. The number of hydrogen-bond acceptors (Lipinski definition) is 5. The highest BCUT2D eigenvalue weighted by Crippen LogP contribution is 2.20. The summed E-state index contributed by atoms with van der Waals surface area (Å²) in [4.78, 5) is 4.25. The number of aryl methyl sites for hydroxylation is 1. The molecule has 0 aliphatic heterocycles. The van der Waals surface area contributed by atoms with Gasteiger partial charge in [-0.3, -0.25) is 4.40 Å². The molecule has 0 bridgehead atoms. The molecule has 0 unspecified atom stereocenters. The van der Waals surface area contributed by atoms with Crippen molar-refractivity contribution < 1.29 is 0 Å². The molecule has 3 aromatic rings. The van der Waals surface area contributed by atoms with Crippen molar-refractivity contribution in [2.45, 2.75) is 6.92 Å². The van der Waals surface area contributed by atoms with Crippen molar-refractivity contribution in [3.63, 3.8) is 0 Å². The lowest BCUT2D eigenvalue weighted by Crippen LogP contribution is -2.03. The molecule has 3 aromatic heterocycles. The third-order valence-electron chi connectivity index (χ3n) is 2.39. The van der Waals surface area contributed by atoms with Crippen LogP contribution in [0.4, 0.5) is 5.82 Å². The van der Waals surface area contributed by atoms with Gasteiger partial charge in [-0.25, -0.2) is 9.67 Å². The lowest BCUT2D eigenvalue weighted by molar-refractivity contribution is 0.844. The lowest BCUT2D eigenvalue weighted by atomic mass is 10.5. The predicted octanol–water partition coefficient (Wildman–Crippen LogP) is 0.963. The maximum Gasteiger partial charge on any atom is 0.206 e. The van der Waals surface area contributed by atoms with Crippen molar-refractivity contribution in [1.29, 1.82) is 0 Å². The summed E-state index contributed by atoms with van der Waals surface area (Å²) in [6.07, 6.45) is 5.21. The van der Waals surface area contributed by atoms with Crippen LogP contribution in [0.15, 0.2) is 23.1 Å². The molecule has 0 aliphatic carbocycles.